The Balaban J connectivity index is 2.08. The fraction of sp³-hybridized carbons (Fsp3) is 0.0833. The Hall–Kier alpha value is -2.50. The van der Waals surface area contributed by atoms with Gasteiger partial charge in [-0.2, -0.15) is 10.1 Å². The molecular weight excluding hydrogens is 233 g/mol. The Morgan fingerprint density at radius 3 is 2.78 bits per heavy atom. The highest BCUT2D eigenvalue weighted by Crippen LogP contribution is 2.14. The Bertz CT molecular complexity index is 526. The average Bonchev–Trinajstić information content (AvgIpc) is 2.40. The van der Waals surface area contributed by atoms with E-state index in [1.54, 1.807) is 18.2 Å². The smallest absolute Gasteiger partial charge is 0.244 e. The molecule has 2 aromatic rings. The number of nitrogens with one attached hydrogen (secondary N) is 2. The molecule has 18 heavy (non-hydrogen) atoms. The van der Waals surface area contributed by atoms with E-state index in [1.165, 1.54) is 18.3 Å². The SMILES string of the molecule is C=CCNc1nncc(Nc2ccc(F)cc2)n1. The molecule has 0 radical (unpaired) electrons. The number of halogens is 1. The van der Waals surface area contributed by atoms with Gasteiger partial charge in [-0.1, -0.05) is 6.08 Å². The maximum atomic E-state index is 12.7. The molecule has 1 heterocycles. The summed E-state index contributed by atoms with van der Waals surface area (Å²) in [6, 6.07) is 5.98. The summed E-state index contributed by atoms with van der Waals surface area (Å²) in [5, 5.41) is 13.5. The van der Waals surface area contributed by atoms with Crippen molar-refractivity contribution in [3.8, 4) is 0 Å². The first-order chi connectivity index (χ1) is 8.78. The van der Waals surface area contributed by atoms with Gasteiger partial charge in [0.2, 0.25) is 5.95 Å². The number of nitrogens with zero attached hydrogens (tertiary/aromatic N) is 3. The molecule has 0 atom stereocenters. The van der Waals surface area contributed by atoms with Crippen molar-refractivity contribution in [1.29, 1.82) is 0 Å². The predicted octanol–water partition coefficient (Wildman–Crippen LogP) is 2.35. The minimum Gasteiger partial charge on any atom is -0.349 e. The Morgan fingerprint density at radius 2 is 2.06 bits per heavy atom. The van der Waals surface area contributed by atoms with Crippen molar-refractivity contribution < 1.29 is 4.39 Å². The highest BCUT2D eigenvalue weighted by molar-refractivity contribution is 5.55. The maximum Gasteiger partial charge on any atom is 0.244 e. The number of rotatable bonds is 5. The maximum absolute atomic E-state index is 12.7. The second-order valence-corrected chi connectivity index (χ2v) is 3.47. The zero-order valence-corrected chi connectivity index (χ0v) is 9.60. The average molecular weight is 245 g/mol. The van der Waals surface area contributed by atoms with Gasteiger partial charge in [0.15, 0.2) is 5.82 Å². The molecule has 1 aromatic carbocycles. The molecule has 0 unspecified atom stereocenters. The van der Waals surface area contributed by atoms with E-state index in [-0.39, 0.29) is 5.82 Å². The third-order valence-corrected chi connectivity index (χ3v) is 2.08. The zero-order valence-electron chi connectivity index (χ0n) is 9.60. The Labute approximate surface area is 104 Å². The Morgan fingerprint density at radius 1 is 1.28 bits per heavy atom. The minimum atomic E-state index is -0.283. The largest absolute Gasteiger partial charge is 0.349 e. The van der Waals surface area contributed by atoms with Crippen LogP contribution in [0.4, 0.5) is 21.8 Å². The Kier molecular flexibility index (Phi) is 3.80. The lowest BCUT2D eigenvalue weighted by Gasteiger charge is -2.06. The van der Waals surface area contributed by atoms with E-state index in [1.807, 2.05) is 0 Å². The zero-order chi connectivity index (χ0) is 12.8. The van der Waals surface area contributed by atoms with Crippen LogP contribution in [-0.4, -0.2) is 21.7 Å². The van der Waals surface area contributed by atoms with Crippen LogP contribution in [0.1, 0.15) is 0 Å². The van der Waals surface area contributed by atoms with Crippen molar-refractivity contribution >= 4 is 17.5 Å². The topological polar surface area (TPSA) is 62.7 Å². The molecular formula is C12H12FN5. The summed E-state index contributed by atoms with van der Waals surface area (Å²) < 4.78 is 12.7. The monoisotopic (exact) mass is 245 g/mol. The molecule has 92 valence electrons. The van der Waals surface area contributed by atoms with E-state index >= 15 is 0 Å². The van der Waals surface area contributed by atoms with Crippen LogP contribution in [-0.2, 0) is 0 Å². The highest BCUT2D eigenvalue weighted by atomic mass is 19.1. The molecule has 2 N–H and O–H groups in total. The van der Waals surface area contributed by atoms with E-state index in [4.69, 9.17) is 0 Å². The molecule has 0 aliphatic carbocycles. The molecule has 0 bridgehead atoms. The summed E-state index contributed by atoms with van der Waals surface area (Å²) in [6.45, 7) is 4.14. The van der Waals surface area contributed by atoms with Gasteiger partial charge >= 0.3 is 0 Å². The van der Waals surface area contributed by atoms with E-state index in [2.05, 4.69) is 32.4 Å². The molecule has 0 amide bonds. The number of anilines is 3. The van der Waals surface area contributed by atoms with Gasteiger partial charge in [-0.3, -0.25) is 0 Å². The fourth-order valence-electron chi connectivity index (χ4n) is 1.28. The van der Waals surface area contributed by atoms with Crippen LogP contribution >= 0.6 is 0 Å². The van der Waals surface area contributed by atoms with E-state index in [9.17, 15) is 4.39 Å². The van der Waals surface area contributed by atoms with Crippen molar-refractivity contribution in [1.82, 2.24) is 15.2 Å². The van der Waals surface area contributed by atoms with Gasteiger partial charge in [0.05, 0.1) is 6.20 Å². The molecule has 5 nitrogen and oxygen atoms in total. The van der Waals surface area contributed by atoms with Gasteiger partial charge in [0.1, 0.15) is 5.82 Å². The predicted molar refractivity (Wildman–Crippen MR) is 68.2 cm³/mol. The van der Waals surface area contributed by atoms with Crippen LogP contribution in [0.25, 0.3) is 0 Å². The van der Waals surface area contributed by atoms with Crippen LogP contribution in [0.3, 0.4) is 0 Å². The molecule has 6 heteroatoms. The molecule has 2 rings (SSSR count). The van der Waals surface area contributed by atoms with E-state index < -0.39 is 0 Å². The second-order valence-electron chi connectivity index (χ2n) is 3.47. The fourth-order valence-corrected chi connectivity index (χ4v) is 1.28. The summed E-state index contributed by atoms with van der Waals surface area (Å²) in [5.74, 6) is 0.653. The van der Waals surface area contributed by atoms with Gasteiger partial charge < -0.3 is 10.6 Å². The van der Waals surface area contributed by atoms with Crippen molar-refractivity contribution in [3.63, 3.8) is 0 Å². The minimum absolute atomic E-state index is 0.283. The highest BCUT2D eigenvalue weighted by Gasteiger charge is 2.00. The van der Waals surface area contributed by atoms with Crippen LogP contribution < -0.4 is 10.6 Å². The number of aromatic nitrogens is 3. The van der Waals surface area contributed by atoms with Gasteiger partial charge in [0.25, 0.3) is 0 Å². The molecule has 0 saturated carbocycles. The van der Waals surface area contributed by atoms with Crippen molar-refractivity contribution in [3.05, 3.63) is 48.9 Å². The number of benzene rings is 1. The molecule has 0 aliphatic rings. The molecule has 0 spiro atoms. The molecule has 0 fully saturated rings. The van der Waals surface area contributed by atoms with Crippen LogP contribution in [0, 0.1) is 5.82 Å². The van der Waals surface area contributed by atoms with Crippen molar-refractivity contribution in [2.24, 2.45) is 0 Å². The summed E-state index contributed by atoms with van der Waals surface area (Å²) in [4.78, 5) is 4.19. The standard InChI is InChI=1S/C12H12FN5/c1-2-7-14-12-17-11(8-15-18-12)16-10-5-3-9(13)4-6-10/h2-6,8H,1,7H2,(H2,14,16,17,18). The van der Waals surface area contributed by atoms with Crippen molar-refractivity contribution in [2.45, 2.75) is 0 Å². The summed E-state index contributed by atoms with van der Waals surface area (Å²) in [7, 11) is 0. The van der Waals surface area contributed by atoms with Gasteiger partial charge in [-0.25, -0.2) is 4.39 Å². The molecule has 1 aromatic heterocycles. The number of hydrogen-bond acceptors (Lipinski definition) is 5. The lowest BCUT2D eigenvalue weighted by molar-refractivity contribution is 0.628. The van der Waals surface area contributed by atoms with Gasteiger partial charge in [-0.15, -0.1) is 11.7 Å². The lowest BCUT2D eigenvalue weighted by atomic mass is 10.3. The normalized spacial score (nSPS) is 9.83. The quantitative estimate of drug-likeness (QED) is 0.792. The van der Waals surface area contributed by atoms with Crippen molar-refractivity contribution in [2.75, 3.05) is 17.2 Å². The third kappa shape index (κ3) is 3.24. The summed E-state index contributed by atoms with van der Waals surface area (Å²) in [6.07, 6.45) is 3.19. The third-order valence-electron chi connectivity index (χ3n) is 2.08. The van der Waals surface area contributed by atoms with Gasteiger partial charge in [0, 0.05) is 12.2 Å². The first kappa shape index (κ1) is 12.0. The molecule has 0 saturated heterocycles. The first-order valence-electron chi connectivity index (χ1n) is 5.35. The van der Waals surface area contributed by atoms with Crippen LogP contribution in [0.15, 0.2) is 43.1 Å². The van der Waals surface area contributed by atoms with E-state index in [0.29, 0.717) is 18.3 Å². The molecule has 0 aliphatic heterocycles. The van der Waals surface area contributed by atoms with Crippen LogP contribution in [0.5, 0.6) is 0 Å². The number of hydrogen-bond donors (Lipinski definition) is 2. The first-order valence-corrected chi connectivity index (χ1v) is 5.35. The summed E-state index contributed by atoms with van der Waals surface area (Å²) >= 11 is 0. The van der Waals surface area contributed by atoms with Gasteiger partial charge in [-0.05, 0) is 24.3 Å². The second kappa shape index (κ2) is 5.72. The summed E-state index contributed by atoms with van der Waals surface area (Å²) in [5.41, 5.74) is 0.728. The lowest BCUT2D eigenvalue weighted by Crippen LogP contribution is -2.05. The van der Waals surface area contributed by atoms with E-state index in [0.717, 1.165) is 5.69 Å². The van der Waals surface area contributed by atoms with Crippen LogP contribution in [0.2, 0.25) is 0 Å².